The van der Waals surface area contributed by atoms with E-state index in [0.717, 1.165) is 21.7 Å². The zero-order chi connectivity index (χ0) is 13.2. The molecule has 0 radical (unpaired) electrons. The smallest absolute Gasteiger partial charge is 0.328 e. The molecule has 0 aliphatic rings. The van der Waals surface area contributed by atoms with E-state index in [1.807, 2.05) is 42.5 Å². The summed E-state index contributed by atoms with van der Waals surface area (Å²) >= 11 is 0. The van der Waals surface area contributed by atoms with Crippen molar-refractivity contribution in [1.29, 1.82) is 0 Å². The molecule has 0 aliphatic heterocycles. The zero-order valence-electron chi connectivity index (χ0n) is 10.2. The van der Waals surface area contributed by atoms with Crippen molar-refractivity contribution < 1.29 is 9.90 Å². The van der Waals surface area contributed by atoms with Crippen LogP contribution in [-0.4, -0.2) is 11.1 Å². The molecule has 92 valence electrons. The Morgan fingerprint density at radius 1 is 0.895 bits per heavy atom. The third-order valence-electron chi connectivity index (χ3n) is 3.21. The van der Waals surface area contributed by atoms with Crippen LogP contribution in [0.25, 0.3) is 27.6 Å². The van der Waals surface area contributed by atoms with E-state index >= 15 is 0 Å². The van der Waals surface area contributed by atoms with Crippen LogP contribution >= 0.6 is 0 Å². The van der Waals surface area contributed by atoms with E-state index in [0.29, 0.717) is 0 Å². The standard InChI is InChI=1S/C17H12O2/c18-17(19)10-9-13-11-12-5-1-2-6-14(12)16-8-4-3-7-15(13)16/h1-11H,(H,18,19)/b10-9-. The molecule has 0 saturated carbocycles. The fraction of sp³-hybridized carbons (Fsp3) is 0. The Morgan fingerprint density at radius 2 is 1.53 bits per heavy atom. The minimum absolute atomic E-state index is 0.928. The Balaban J connectivity index is 2.39. The quantitative estimate of drug-likeness (QED) is 0.548. The minimum atomic E-state index is -0.933. The van der Waals surface area contributed by atoms with Gasteiger partial charge in [-0.1, -0.05) is 48.5 Å². The molecule has 3 aromatic carbocycles. The van der Waals surface area contributed by atoms with E-state index in [1.165, 1.54) is 11.5 Å². The molecule has 19 heavy (non-hydrogen) atoms. The fourth-order valence-electron chi connectivity index (χ4n) is 2.38. The van der Waals surface area contributed by atoms with Gasteiger partial charge in [0.1, 0.15) is 0 Å². The maximum Gasteiger partial charge on any atom is 0.328 e. The third-order valence-corrected chi connectivity index (χ3v) is 3.21. The van der Waals surface area contributed by atoms with Gasteiger partial charge >= 0.3 is 5.97 Å². The van der Waals surface area contributed by atoms with Crippen LogP contribution < -0.4 is 0 Å². The zero-order valence-corrected chi connectivity index (χ0v) is 10.2. The summed E-state index contributed by atoms with van der Waals surface area (Å²) in [6, 6.07) is 18.2. The molecule has 2 heteroatoms. The van der Waals surface area contributed by atoms with E-state index in [9.17, 15) is 4.79 Å². The number of rotatable bonds is 2. The second kappa shape index (κ2) is 4.58. The monoisotopic (exact) mass is 248 g/mol. The predicted octanol–water partition coefficient (Wildman–Crippen LogP) is 4.09. The second-order valence-corrected chi connectivity index (χ2v) is 4.40. The van der Waals surface area contributed by atoms with Crippen LogP contribution in [0.1, 0.15) is 5.56 Å². The molecule has 3 aromatic rings. The summed E-state index contributed by atoms with van der Waals surface area (Å²) < 4.78 is 0. The van der Waals surface area contributed by atoms with Gasteiger partial charge in [0.25, 0.3) is 0 Å². The topological polar surface area (TPSA) is 37.3 Å². The van der Waals surface area contributed by atoms with Gasteiger partial charge in [-0.25, -0.2) is 4.79 Å². The Hall–Kier alpha value is -2.61. The first kappa shape index (κ1) is 11.5. The molecule has 0 unspecified atom stereocenters. The lowest BCUT2D eigenvalue weighted by molar-refractivity contribution is -0.131. The SMILES string of the molecule is O=C(O)/C=C\c1cc2ccccc2c2ccccc12. The third kappa shape index (κ3) is 2.08. The van der Waals surface area contributed by atoms with E-state index in [1.54, 1.807) is 6.08 Å². The van der Waals surface area contributed by atoms with Gasteiger partial charge in [0, 0.05) is 6.08 Å². The number of benzene rings is 3. The molecule has 3 rings (SSSR count). The Bertz CT molecular complexity index is 801. The van der Waals surface area contributed by atoms with Crippen LogP contribution in [0.4, 0.5) is 0 Å². The van der Waals surface area contributed by atoms with Gasteiger partial charge in [-0.05, 0) is 39.3 Å². The molecule has 1 N–H and O–H groups in total. The number of carbonyl (C=O) groups is 1. The number of hydrogen-bond acceptors (Lipinski definition) is 1. The van der Waals surface area contributed by atoms with Crippen molar-refractivity contribution in [1.82, 2.24) is 0 Å². The van der Waals surface area contributed by atoms with E-state index < -0.39 is 5.97 Å². The Kier molecular flexibility index (Phi) is 2.76. The average molecular weight is 248 g/mol. The van der Waals surface area contributed by atoms with Crippen molar-refractivity contribution in [2.75, 3.05) is 0 Å². The first-order valence-corrected chi connectivity index (χ1v) is 6.07. The van der Waals surface area contributed by atoms with Crippen LogP contribution in [0.5, 0.6) is 0 Å². The highest BCUT2D eigenvalue weighted by Gasteiger charge is 2.04. The predicted molar refractivity (Wildman–Crippen MR) is 78.1 cm³/mol. The summed E-state index contributed by atoms with van der Waals surface area (Å²) in [5.41, 5.74) is 0.928. The number of carboxylic acids is 1. The normalized spacial score (nSPS) is 11.4. The highest BCUT2D eigenvalue weighted by atomic mass is 16.4. The van der Waals surface area contributed by atoms with Crippen molar-refractivity contribution in [2.45, 2.75) is 0 Å². The molecular weight excluding hydrogens is 236 g/mol. The molecule has 0 amide bonds. The maximum atomic E-state index is 10.7. The van der Waals surface area contributed by atoms with Crippen LogP contribution in [-0.2, 0) is 4.79 Å². The van der Waals surface area contributed by atoms with Crippen LogP contribution in [0.15, 0.2) is 60.7 Å². The fourth-order valence-corrected chi connectivity index (χ4v) is 2.38. The summed E-state index contributed by atoms with van der Waals surface area (Å²) in [5.74, 6) is -0.933. The molecule has 2 nitrogen and oxygen atoms in total. The molecular formula is C17H12O2. The summed E-state index contributed by atoms with van der Waals surface area (Å²) in [5, 5.41) is 13.3. The van der Waals surface area contributed by atoms with Crippen molar-refractivity contribution in [2.24, 2.45) is 0 Å². The van der Waals surface area contributed by atoms with Crippen molar-refractivity contribution in [3.63, 3.8) is 0 Å². The highest BCUT2D eigenvalue weighted by Crippen LogP contribution is 2.29. The van der Waals surface area contributed by atoms with E-state index in [4.69, 9.17) is 5.11 Å². The van der Waals surface area contributed by atoms with Crippen molar-refractivity contribution in [3.05, 3.63) is 66.2 Å². The highest BCUT2D eigenvalue weighted by molar-refractivity contribution is 6.11. The van der Waals surface area contributed by atoms with Gasteiger partial charge in [0.15, 0.2) is 0 Å². The summed E-state index contributed by atoms with van der Waals surface area (Å²) in [4.78, 5) is 10.7. The number of hydrogen-bond donors (Lipinski definition) is 1. The van der Waals surface area contributed by atoms with Crippen LogP contribution in [0.2, 0.25) is 0 Å². The van der Waals surface area contributed by atoms with Gasteiger partial charge in [-0.15, -0.1) is 0 Å². The molecule has 0 bridgehead atoms. The molecule has 0 aromatic heterocycles. The lowest BCUT2D eigenvalue weighted by Gasteiger charge is -2.07. The summed E-state index contributed by atoms with van der Waals surface area (Å²) in [6.45, 7) is 0. The van der Waals surface area contributed by atoms with Gasteiger partial charge in [0.05, 0.1) is 0 Å². The Morgan fingerprint density at radius 3 is 2.26 bits per heavy atom. The molecule has 0 spiro atoms. The van der Waals surface area contributed by atoms with E-state index in [-0.39, 0.29) is 0 Å². The largest absolute Gasteiger partial charge is 0.478 e. The summed E-state index contributed by atoms with van der Waals surface area (Å²) in [6.07, 6.45) is 2.83. The summed E-state index contributed by atoms with van der Waals surface area (Å²) in [7, 11) is 0. The van der Waals surface area contributed by atoms with Crippen LogP contribution in [0.3, 0.4) is 0 Å². The Labute approximate surface area is 110 Å². The van der Waals surface area contributed by atoms with Crippen molar-refractivity contribution >= 4 is 33.6 Å². The first-order valence-electron chi connectivity index (χ1n) is 6.07. The second-order valence-electron chi connectivity index (χ2n) is 4.40. The van der Waals surface area contributed by atoms with E-state index in [2.05, 4.69) is 12.1 Å². The van der Waals surface area contributed by atoms with Gasteiger partial charge in [-0.2, -0.15) is 0 Å². The molecule has 0 atom stereocenters. The van der Waals surface area contributed by atoms with Crippen LogP contribution in [0, 0.1) is 0 Å². The molecule has 0 aliphatic carbocycles. The molecule has 0 heterocycles. The number of carboxylic acid groups (broad SMARTS) is 1. The van der Waals surface area contributed by atoms with Crippen molar-refractivity contribution in [3.8, 4) is 0 Å². The van der Waals surface area contributed by atoms with Gasteiger partial charge in [0.2, 0.25) is 0 Å². The first-order chi connectivity index (χ1) is 9.25. The lowest BCUT2D eigenvalue weighted by Crippen LogP contribution is -1.87. The van der Waals surface area contributed by atoms with Gasteiger partial charge in [-0.3, -0.25) is 0 Å². The minimum Gasteiger partial charge on any atom is -0.478 e. The lowest BCUT2D eigenvalue weighted by atomic mass is 9.97. The number of fused-ring (bicyclic) bond motifs is 3. The molecule has 0 fully saturated rings. The maximum absolute atomic E-state index is 10.7. The number of aliphatic carboxylic acids is 1. The van der Waals surface area contributed by atoms with Gasteiger partial charge < -0.3 is 5.11 Å². The average Bonchev–Trinajstić information content (AvgIpc) is 2.44. The molecule has 0 saturated heterocycles.